The summed E-state index contributed by atoms with van der Waals surface area (Å²) in [6.07, 6.45) is 0. The summed E-state index contributed by atoms with van der Waals surface area (Å²) < 4.78 is 11.3. The van der Waals surface area contributed by atoms with E-state index in [1.165, 1.54) is 6.07 Å². The van der Waals surface area contributed by atoms with E-state index < -0.39 is 7.12 Å². The average Bonchev–Trinajstić information content (AvgIpc) is 2.76. The van der Waals surface area contributed by atoms with E-state index in [0.29, 0.717) is 35.0 Å². The third-order valence-electron chi connectivity index (χ3n) is 4.34. The maximum atomic E-state index is 9.50. The van der Waals surface area contributed by atoms with Crippen LogP contribution >= 0.6 is 23.2 Å². The van der Waals surface area contributed by atoms with Gasteiger partial charge in [-0.2, -0.15) is 15.0 Å². The zero-order chi connectivity index (χ0) is 23.3. The summed E-state index contributed by atoms with van der Waals surface area (Å²) in [5.41, 5.74) is 1.63. The van der Waals surface area contributed by atoms with Gasteiger partial charge in [-0.05, 0) is 53.4 Å². The molecule has 3 rings (SSSR count). The zero-order valence-electron chi connectivity index (χ0n) is 17.5. The molecule has 2 aromatic carbocycles. The van der Waals surface area contributed by atoms with Gasteiger partial charge in [0, 0.05) is 21.6 Å². The number of nitrogens with zero attached hydrogens (tertiary/aromatic N) is 3. The molecule has 32 heavy (non-hydrogen) atoms. The SMILES string of the molecule is CC(C)COc1ccc(-c2nc(Cl)nc(OCc3cc(CO)cc(B(O)O)c3Cl)n2)cc1. The van der Waals surface area contributed by atoms with Gasteiger partial charge in [0.2, 0.25) is 5.28 Å². The Hall–Kier alpha value is -2.43. The number of halogens is 2. The monoisotopic (exact) mass is 477 g/mol. The molecule has 1 heterocycles. The Labute approximate surface area is 196 Å². The van der Waals surface area contributed by atoms with Crippen molar-refractivity contribution in [2.24, 2.45) is 5.92 Å². The summed E-state index contributed by atoms with van der Waals surface area (Å²) in [6.45, 7) is 4.37. The van der Waals surface area contributed by atoms with E-state index in [9.17, 15) is 15.2 Å². The number of hydrogen-bond donors (Lipinski definition) is 3. The lowest BCUT2D eigenvalue weighted by Gasteiger charge is -2.13. The lowest BCUT2D eigenvalue weighted by Crippen LogP contribution is -2.32. The van der Waals surface area contributed by atoms with Crippen molar-refractivity contribution in [1.29, 1.82) is 0 Å². The fraction of sp³-hybridized carbons (Fsp3) is 0.286. The first-order chi connectivity index (χ1) is 15.3. The summed E-state index contributed by atoms with van der Waals surface area (Å²) in [7, 11) is -1.79. The van der Waals surface area contributed by atoms with Gasteiger partial charge in [0.05, 0.1) is 13.2 Å². The highest BCUT2D eigenvalue weighted by Crippen LogP contribution is 2.23. The van der Waals surface area contributed by atoms with Crippen molar-refractivity contribution in [3.63, 3.8) is 0 Å². The smallest absolute Gasteiger partial charge is 0.489 e. The summed E-state index contributed by atoms with van der Waals surface area (Å²) in [5.74, 6) is 1.47. The molecule has 168 valence electrons. The number of rotatable bonds is 9. The molecule has 8 nitrogen and oxygen atoms in total. The molecule has 0 atom stereocenters. The lowest BCUT2D eigenvalue weighted by molar-refractivity contribution is 0.271. The predicted molar refractivity (Wildman–Crippen MR) is 122 cm³/mol. The maximum absolute atomic E-state index is 9.50. The molecule has 0 aliphatic rings. The van der Waals surface area contributed by atoms with E-state index in [0.717, 1.165) is 5.75 Å². The number of aliphatic hydroxyl groups is 1. The number of benzene rings is 2. The largest absolute Gasteiger partial charge is 0.493 e. The molecule has 0 amide bonds. The second kappa shape index (κ2) is 10.9. The van der Waals surface area contributed by atoms with Gasteiger partial charge in [-0.3, -0.25) is 0 Å². The highest BCUT2D eigenvalue weighted by atomic mass is 35.5. The fourth-order valence-electron chi connectivity index (χ4n) is 2.79. The molecule has 0 radical (unpaired) electrons. The van der Waals surface area contributed by atoms with Gasteiger partial charge in [-0.25, -0.2) is 0 Å². The Morgan fingerprint density at radius 3 is 2.34 bits per heavy atom. The van der Waals surface area contributed by atoms with Gasteiger partial charge in [-0.15, -0.1) is 0 Å². The van der Waals surface area contributed by atoms with Gasteiger partial charge in [0.15, 0.2) is 5.82 Å². The van der Waals surface area contributed by atoms with Crippen molar-refractivity contribution in [2.45, 2.75) is 27.1 Å². The van der Waals surface area contributed by atoms with Gasteiger partial charge >= 0.3 is 13.1 Å². The average molecular weight is 478 g/mol. The molecule has 0 fully saturated rings. The van der Waals surface area contributed by atoms with Crippen LogP contribution in [-0.4, -0.2) is 43.8 Å². The molecule has 0 aliphatic carbocycles. The number of aromatic nitrogens is 3. The molecule has 0 saturated carbocycles. The number of hydrogen-bond acceptors (Lipinski definition) is 8. The van der Waals surface area contributed by atoms with Crippen molar-refractivity contribution in [3.8, 4) is 23.1 Å². The third-order valence-corrected chi connectivity index (χ3v) is 4.97. The van der Waals surface area contributed by atoms with Gasteiger partial charge in [0.1, 0.15) is 12.4 Å². The molecule has 11 heteroatoms. The summed E-state index contributed by atoms with van der Waals surface area (Å²) in [4.78, 5) is 12.4. The van der Waals surface area contributed by atoms with E-state index in [1.54, 1.807) is 6.07 Å². The third kappa shape index (κ3) is 6.31. The van der Waals surface area contributed by atoms with Crippen LogP contribution in [0.5, 0.6) is 11.8 Å². The first kappa shape index (κ1) is 24.2. The lowest BCUT2D eigenvalue weighted by atomic mass is 9.78. The Kier molecular flexibility index (Phi) is 8.28. The highest BCUT2D eigenvalue weighted by molar-refractivity contribution is 6.62. The van der Waals surface area contributed by atoms with Crippen molar-refractivity contribution in [3.05, 3.63) is 57.8 Å². The van der Waals surface area contributed by atoms with E-state index in [2.05, 4.69) is 28.8 Å². The topological polar surface area (TPSA) is 118 Å². The predicted octanol–water partition coefficient (Wildman–Crippen LogP) is 2.63. The zero-order valence-corrected chi connectivity index (χ0v) is 19.0. The van der Waals surface area contributed by atoms with Crippen molar-refractivity contribution >= 4 is 35.8 Å². The highest BCUT2D eigenvalue weighted by Gasteiger charge is 2.20. The van der Waals surface area contributed by atoms with Crippen LogP contribution < -0.4 is 14.9 Å². The Bertz CT molecular complexity index is 1070. The van der Waals surface area contributed by atoms with Crippen LogP contribution in [0.4, 0.5) is 0 Å². The van der Waals surface area contributed by atoms with E-state index in [1.807, 2.05) is 24.3 Å². The van der Waals surface area contributed by atoms with Crippen molar-refractivity contribution < 1.29 is 24.6 Å². The van der Waals surface area contributed by atoms with Crippen molar-refractivity contribution in [1.82, 2.24) is 15.0 Å². The van der Waals surface area contributed by atoms with E-state index in [-0.39, 0.29) is 35.0 Å². The summed E-state index contributed by atoms with van der Waals surface area (Å²) in [5, 5.41) is 28.5. The molecule has 0 bridgehead atoms. The standard InChI is InChI=1S/C21H22BCl2N3O5/c1-12(2)10-31-16-5-3-14(4-6-16)19-25-20(24)27-21(26-19)32-11-15-7-13(9-28)8-17(18(15)23)22(29)30/h3-8,12,28-30H,9-11H2,1-2H3. The van der Waals surface area contributed by atoms with Crippen LogP contribution in [0.25, 0.3) is 11.4 Å². The first-order valence-corrected chi connectivity index (χ1v) is 10.6. The van der Waals surface area contributed by atoms with Crippen LogP contribution in [0.2, 0.25) is 10.3 Å². The Morgan fingerprint density at radius 1 is 1.00 bits per heavy atom. The summed E-state index contributed by atoms with van der Waals surface area (Å²) in [6, 6.07) is 10.2. The number of ether oxygens (including phenoxy) is 2. The van der Waals surface area contributed by atoms with Crippen molar-refractivity contribution in [2.75, 3.05) is 6.61 Å². The van der Waals surface area contributed by atoms with E-state index >= 15 is 0 Å². The molecular formula is C21H22BCl2N3O5. The Morgan fingerprint density at radius 2 is 1.72 bits per heavy atom. The second-order valence-electron chi connectivity index (χ2n) is 7.42. The minimum atomic E-state index is -1.79. The Balaban J connectivity index is 1.79. The van der Waals surface area contributed by atoms with Crippen LogP contribution in [0.15, 0.2) is 36.4 Å². The molecule has 1 aromatic heterocycles. The van der Waals surface area contributed by atoms with Crippen LogP contribution in [0, 0.1) is 5.92 Å². The van der Waals surface area contributed by atoms with Crippen LogP contribution in [0.1, 0.15) is 25.0 Å². The molecular weight excluding hydrogens is 456 g/mol. The molecule has 0 saturated heterocycles. The minimum Gasteiger partial charge on any atom is -0.493 e. The van der Waals surface area contributed by atoms with Gasteiger partial charge in [0.25, 0.3) is 0 Å². The van der Waals surface area contributed by atoms with Gasteiger partial charge in [-0.1, -0.05) is 31.5 Å². The number of aliphatic hydroxyl groups excluding tert-OH is 1. The van der Waals surface area contributed by atoms with E-state index in [4.69, 9.17) is 32.7 Å². The second-order valence-corrected chi connectivity index (χ2v) is 8.13. The fourth-order valence-corrected chi connectivity index (χ4v) is 3.21. The van der Waals surface area contributed by atoms with Crippen LogP contribution in [0.3, 0.4) is 0 Å². The maximum Gasteiger partial charge on any atom is 0.489 e. The first-order valence-electron chi connectivity index (χ1n) is 9.82. The molecule has 0 aliphatic heterocycles. The molecule has 3 aromatic rings. The molecule has 3 N–H and O–H groups in total. The molecule has 0 spiro atoms. The normalized spacial score (nSPS) is 11.0. The summed E-state index contributed by atoms with van der Waals surface area (Å²) >= 11 is 12.3. The quantitative estimate of drug-likeness (QED) is 0.402. The molecule has 0 unspecified atom stereocenters. The van der Waals surface area contributed by atoms with Crippen LogP contribution in [-0.2, 0) is 13.2 Å². The minimum absolute atomic E-state index is 0.0308. The van der Waals surface area contributed by atoms with Gasteiger partial charge < -0.3 is 24.6 Å².